The third-order valence-corrected chi connectivity index (χ3v) is 6.51. The molecule has 2 aromatic rings. The number of carbonyl (C=O) groups excluding carboxylic acids is 2. The largest absolute Gasteiger partial charge is 0.319 e. The van der Waals surface area contributed by atoms with Gasteiger partial charge in [0.1, 0.15) is 5.71 Å². The van der Waals surface area contributed by atoms with Gasteiger partial charge in [-0.05, 0) is 18.6 Å². The molecule has 1 N–H and O–H groups in total. The number of hydrogen-bond donors (Lipinski definition) is 1. The summed E-state index contributed by atoms with van der Waals surface area (Å²) in [6, 6.07) is 8.70. The first-order valence-electron chi connectivity index (χ1n) is 8.68. The van der Waals surface area contributed by atoms with Crippen molar-refractivity contribution in [3.8, 4) is 0 Å². The Morgan fingerprint density at radius 3 is 2.78 bits per heavy atom. The molecule has 1 fully saturated rings. The minimum atomic E-state index is -3.15. The van der Waals surface area contributed by atoms with Crippen molar-refractivity contribution < 1.29 is 18.0 Å². The second kappa shape index (κ2) is 6.73. The highest BCUT2D eigenvalue weighted by Crippen LogP contribution is 2.24. The Morgan fingerprint density at radius 1 is 1.19 bits per heavy atom. The summed E-state index contributed by atoms with van der Waals surface area (Å²) in [5.74, 6) is -0.725. The topological polar surface area (TPSA) is 109 Å². The molecule has 3 heterocycles. The molecule has 1 aromatic carbocycles. The summed E-state index contributed by atoms with van der Waals surface area (Å²) < 4.78 is 23.4. The van der Waals surface area contributed by atoms with Gasteiger partial charge >= 0.3 is 0 Å². The number of hydrazone groups is 1. The number of carbonyl (C=O) groups is 2. The van der Waals surface area contributed by atoms with Gasteiger partial charge in [0.15, 0.2) is 9.84 Å². The smallest absolute Gasteiger partial charge is 0.271 e. The number of amides is 2. The number of anilines is 1. The van der Waals surface area contributed by atoms with E-state index in [0.717, 1.165) is 5.39 Å². The predicted molar refractivity (Wildman–Crippen MR) is 101 cm³/mol. The van der Waals surface area contributed by atoms with E-state index in [4.69, 9.17) is 0 Å². The lowest BCUT2D eigenvalue weighted by atomic mass is 10.1. The Bertz CT molecular complexity index is 1060. The Hall–Kier alpha value is -2.81. The highest BCUT2D eigenvalue weighted by atomic mass is 32.2. The zero-order chi connectivity index (χ0) is 19.0. The number of fused-ring (bicyclic) bond motifs is 1. The summed E-state index contributed by atoms with van der Waals surface area (Å²) in [4.78, 5) is 29.2. The molecule has 2 aliphatic heterocycles. The lowest BCUT2D eigenvalue weighted by Crippen LogP contribution is -2.42. The van der Waals surface area contributed by atoms with Crippen molar-refractivity contribution in [3.05, 3.63) is 36.5 Å². The van der Waals surface area contributed by atoms with Crippen LogP contribution in [0.1, 0.15) is 19.3 Å². The lowest BCUT2D eigenvalue weighted by Gasteiger charge is -2.27. The third kappa shape index (κ3) is 3.55. The number of sulfone groups is 1. The molecule has 0 bridgehead atoms. The third-order valence-electron chi connectivity index (χ3n) is 4.76. The van der Waals surface area contributed by atoms with Gasteiger partial charge in [-0.1, -0.05) is 18.2 Å². The number of pyridine rings is 1. The molecule has 2 aliphatic rings. The van der Waals surface area contributed by atoms with Gasteiger partial charge in [0, 0.05) is 24.4 Å². The van der Waals surface area contributed by atoms with E-state index in [0.29, 0.717) is 17.6 Å². The number of benzene rings is 1. The average molecular weight is 386 g/mol. The lowest BCUT2D eigenvalue weighted by molar-refractivity contribution is -0.133. The van der Waals surface area contributed by atoms with E-state index < -0.39 is 21.8 Å². The van der Waals surface area contributed by atoms with Crippen LogP contribution >= 0.6 is 0 Å². The average Bonchev–Trinajstić information content (AvgIpc) is 3.02. The summed E-state index contributed by atoms with van der Waals surface area (Å²) in [5.41, 5.74) is 1.44. The van der Waals surface area contributed by atoms with E-state index in [-0.39, 0.29) is 36.0 Å². The van der Waals surface area contributed by atoms with Crippen LogP contribution in [0.15, 0.2) is 41.6 Å². The minimum absolute atomic E-state index is 0.0418. The zero-order valence-corrected chi connectivity index (χ0v) is 15.3. The number of aromatic nitrogens is 1. The summed E-state index contributed by atoms with van der Waals surface area (Å²) in [6.07, 6.45) is 2.35. The molecular formula is C18H18N4O4S. The number of hydrogen-bond acceptors (Lipinski definition) is 6. The van der Waals surface area contributed by atoms with Crippen LogP contribution < -0.4 is 5.32 Å². The van der Waals surface area contributed by atoms with Gasteiger partial charge in [-0.3, -0.25) is 14.6 Å². The fraction of sp³-hybridized carbons (Fsp3) is 0.333. The highest BCUT2D eigenvalue weighted by Gasteiger charge is 2.37. The molecule has 1 unspecified atom stereocenters. The number of rotatable bonds is 3. The maximum absolute atomic E-state index is 12.7. The summed E-state index contributed by atoms with van der Waals surface area (Å²) in [5, 5.41) is 9.08. The first-order chi connectivity index (χ1) is 12.9. The minimum Gasteiger partial charge on any atom is -0.319 e. The number of nitrogens with zero attached hydrogens (tertiary/aromatic N) is 3. The molecule has 27 heavy (non-hydrogen) atoms. The van der Waals surface area contributed by atoms with Crippen molar-refractivity contribution in [1.29, 1.82) is 0 Å². The predicted octanol–water partition coefficient (Wildman–Crippen LogP) is 1.34. The van der Waals surface area contributed by atoms with Crippen LogP contribution in [-0.4, -0.2) is 53.5 Å². The molecule has 140 valence electrons. The maximum Gasteiger partial charge on any atom is 0.271 e. The van der Waals surface area contributed by atoms with Crippen molar-refractivity contribution in [2.45, 2.75) is 25.3 Å². The van der Waals surface area contributed by atoms with Crippen LogP contribution in [0.2, 0.25) is 0 Å². The fourth-order valence-electron chi connectivity index (χ4n) is 3.39. The Labute approximate surface area is 156 Å². The van der Waals surface area contributed by atoms with E-state index >= 15 is 0 Å². The second-order valence-electron chi connectivity index (χ2n) is 6.68. The van der Waals surface area contributed by atoms with Gasteiger partial charge in [-0.2, -0.15) is 5.10 Å². The van der Waals surface area contributed by atoms with E-state index in [1.54, 1.807) is 12.3 Å². The Kier molecular flexibility index (Phi) is 4.39. The van der Waals surface area contributed by atoms with Crippen molar-refractivity contribution in [2.24, 2.45) is 5.10 Å². The first-order valence-corrected chi connectivity index (χ1v) is 10.5. The van der Waals surface area contributed by atoms with Crippen molar-refractivity contribution in [2.75, 3.05) is 16.8 Å². The van der Waals surface area contributed by atoms with Crippen LogP contribution in [0, 0.1) is 0 Å². The second-order valence-corrected chi connectivity index (χ2v) is 8.91. The van der Waals surface area contributed by atoms with Crippen molar-refractivity contribution in [1.82, 2.24) is 9.99 Å². The molecule has 2 amide bonds. The van der Waals surface area contributed by atoms with Crippen molar-refractivity contribution in [3.63, 3.8) is 0 Å². The summed E-state index contributed by atoms with van der Waals surface area (Å²) in [6.45, 7) is 0. The van der Waals surface area contributed by atoms with Gasteiger partial charge < -0.3 is 5.32 Å². The first kappa shape index (κ1) is 17.6. The van der Waals surface area contributed by atoms with Crippen LogP contribution in [0.4, 0.5) is 5.69 Å². The molecule has 8 nitrogen and oxygen atoms in total. The molecule has 9 heteroatoms. The molecular weight excluding hydrogens is 368 g/mol. The van der Waals surface area contributed by atoms with Crippen molar-refractivity contribution >= 4 is 44.0 Å². The van der Waals surface area contributed by atoms with Gasteiger partial charge in [0.2, 0.25) is 5.91 Å². The number of nitrogens with one attached hydrogen (secondary N) is 1. The molecule has 0 spiro atoms. The molecule has 0 saturated carbocycles. The highest BCUT2D eigenvalue weighted by molar-refractivity contribution is 7.91. The monoisotopic (exact) mass is 386 g/mol. The van der Waals surface area contributed by atoms with Gasteiger partial charge in [0.05, 0.1) is 28.8 Å². The Balaban J connectivity index is 1.57. The van der Waals surface area contributed by atoms with Crippen LogP contribution in [0.25, 0.3) is 10.9 Å². The van der Waals surface area contributed by atoms with Crippen LogP contribution in [0.5, 0.6) is 0 Å². The molecule has 1 aromatic heterocycles. The normalized spacial score (nSPS) is 21.9. The van der Waals surface area contributed by atoms with Gasteiger partial charge in [-0.25, -0.2) is 13.4 Å². The van der Waals surface area contributed by atoms with Crippen LogP contribution in [0.3, 0.4) is 0 Å². The quantitative estimate of drug-likeness (QED) is 0.856. The maximum atomic E-state index is 12.7. The molecule has 4 rings (SSSR count). The van der Waals surface area contributed by atoms with E-state index in [1.807, 2.05) is 24.3 Å². The van der Waals surface area contributed by atoms with E-state index in [9.17, 15) is 18.0 Å². The molecule has 1 atom stereocenters. The van der Waals surface area contributed by atoms with Gasteiger partial charge in [-0.15, -0.1) is 0 Å². The number of para-hydroxylation sites is 1. The van der Waals surface area contributed by atoms with Gasteiger partial charge in [0.25, 0.3) is 5.91 Å². The molecule has 0 aliphatic carbocycles. The summed E-state index contributed by atoms with van der Waals surface area (Å²) in [7, 11) is -3.15. The molecule has 0 radical (unpaired) electrons. The standard InChI is InChI=1S/C18H18N4O4S/c23-16-7-6-15(21-22(16)13-8-10-27(25,26)11-13)18(24)20-14-5-1-3-12-4-2-9-19-17(12)14/h1-5,9,13H,6-8,10-11H2,(H,20,24). The van der Waals surface area contributed by atoms with E-state index in [1.165, 1.54) is 5.01 Å². The van der Waals surface area contributed by atoms with Crippen LogP contribution in [-0.2, 0) is 19.4 Å². The summed E-state index contributed by atoms with van der Waals surface area (Å²) >= 11 is 0. The molecule has 1 saturated heterocycles. The SMILES string of the molecule is O=C(Nc1cccc2cccnc12)C1=NN(C2CCS(=O)(=O)C2)C(=O)CC1. The Morgan fingerprint density at radius 2 is 2.00 bits per heavy atom. The zero-order valence-electron chi connectivity index (χ0n) is 14.5. The van der Waals surface area contributed by atoms with E-state index in [2.05, 4.69) is 15.4 Å². The fourth-order valence-corrected chi connectivity index (χ4v) is 5.08.